The van der Waals surface area contributed by atoms with Gasteiger partial charge in [-0.3, -0.25) is 14.9 Å². The lowest BCUT2D eigenvalue weighted by molar-refractivity contribution is -0.384. The van der Waals surface area contributed by atoms with Gasteiger partial charge in [0.1, 0.15) is 11.6 Å². The Morgan fingerprint density at radius 2 is 1.96 bits per heavy atom. The molecule has 2 heterocycles. The minimum Gasteiger partial charge on any atom is -0.496 e. The van der Waals surface area contributed by atoms with Crippen LogP contribution in [0.5, 0.6) is 5.75 Å². The number of carbonyl (C=O) groups is 1. The number of carbonyl (C=O) groups excluding carboxylic acids is 1. The second-order valence-electron chi connectivity index (χ2n) is 5.61. The molecular weight excluding hydrogens is 324 g/mol. The molecule has 0 unspecified atom stereocenters. The summed E-state index contributed by atoms with van der Waals surface area (Å²) in [4.78, 5) is 31.3. The Kier molecular flexibility index (Phi) is 4.78. The Hall–Kier alpha value is -3.16. The molecule has 2 aromatic rings. The van der Waals surface area contributed by atoms with Crippen molar-refractivity contribution in [2.75, 3.05) is 38.2 Å². The number of rotatable bonds is 4. The van der Waals surface area contributed by atoms with Crippen LogP contribution in [0.1, 0.15) is 10.4 Å². The van der Waals surface area contributed by atoms with Gasteiger partial charge in [-0.25, -0.2) is 4.98 Å². The van der Waals surface area contributed by atoms with Crippen molar-refractivity contribution >= 4 is 17.4 Å². The highest BCUT2D eigenvalue weighted by molar-refractivity contribution is 5.97. The summed E-state index contributed by atoms with van der Waals surface area (Å²) in [6.07, 6.45) is 1.74. The third-order valence-corrected chi connectivity index (χ3v) is 4.16. The van der Waals surface area contributed by atoms with Crippen LogP contribution >= 0.6 is 0 Å². The van der Waals surface area contributed by atoms with Gasteiger partial charge in [0.05, 0.1) is 17.6 Å². The predicted octanol–water partition coefficient (Wildman–Crippen LogP) is 1.96. The van der Waals surface area contributed by atoms with Crippen molar-refractivity contribution in [2.24, 2.45) is 0 Å². The van der Waals surface area contributed by atoms with Gasteiger partial charge in [0.25, 0.3) is 11.6 Å². The molecule has 1 aromatic heterocycles. The van der Waals surface area contributed by atoms with Crippen LogP contribution in [0.4, 0.5) is 11.5 Å². The summed E-state index contributed by atoms with van der Waals surface area (Å²) in [6, 6.07) is 9.77. The van der Waals surface area contributed by atoms with Crippen molar-refractivity contribution in [3.8, 4) is 5.75 Å². The van der Waals surface area contributed by atoms with Crippen LogP contribution in [0.25, 0.3) is 0 Å². The molecular formula is C17H18N4O4. The minimum atomic E-state index is -0.519. The van der Waals surface area contributed by atoms with E-state index in [0.29, 0.717) is 31.9 Å². The monoisotopic (exact) mass is 342 g/mol. The number of methoxy groups -OCH3 is 1. The van der Waals surface area contributed by atoms with Crippen molar-refractivity contribution in [1.82, 2.24) is 9.88 Å². The predicted molar refractivity (Wildman–Crippen MR) is 92.0 cm³/mol. The molecule has 0 atom stereocenters. The summed E-state index contributed by atoms with van der Waals surface area (Å²) < 4.78 is 5.19. The maximum absolute atomic E-state index is 12.8. The summed E-state index contributed by atoms with van der Waals surface area (Å²) in [5.74, 6) is 0.950. The molecule has 0 saturated carbocycles. The third-order valence-electron chi connectivity index (χ3n) is 4.16. The molecule has 0 aliphatic carbocycles. The van der Waals surface area contributed by atoms with Crippen molar-refractivity contribution in [1.29, 1.82) is 0 Å². The average molecular weight is 342 g/mol. The van der Waals surface area contributed by atoms with E-state index >= 15 is 0 Å². The van der Waals surface area contributed by atoms with Gasteiger partial charge in [-0.15, -0.1) is 0 Å². The Bertz CT molecular complexity index is 773. The Labute approximate surface area is 144 Å². The number of nitrogens with zero attached hydrogens (tertiary/aromatic N) is 4. The van der Waals surface area contributed by atoms with E-state index in [1.54, 1.807) is 11.1 Å². The highest BCUT2D eigenvalue weighted by Crippen LogP contribution is 2.26. The maximum Gasteiger partial charge on any atom is 0.270 e. The molecule has 1 saturated heterocycles. The zero-order chi connectivity index (χ0) is 17.8. The van der Waals surface area contributed by atoms with E-state index in [9.17, 15) is 14.9 Å². The largest absolute Gasteiger partial charge is 0.496 e. The van der Waals surface area contributed by atoms with Crippen LogP contribution in [-0.2, 0) is 0 Å². The van der Waals surface area contributed by atoms with Crippen LogP contribution in [0, 0.1) is 10.1 Å². The smallest absolute Gasteiger partial charge is 0.270 e. The summed E-state index contributed by atoms with van der Waals surface area (Å²) in [6.45, 7) is 2.34. The van der Waals surface area contributed by atoms with Crippen molar-refractivity contribution in [3.63, 3.8) is 0 Å². The van der Waals surface area contributed by atoms with E-state index in [2.05, 4.69) is 9.88 Å². The number of hydrogen-bond acceptors (Lipinski definition) is 6. The lowest BCUT2D eigenvalue weighted by Gasteiger charge is -2.35. The van der Waals surface area contributed by atoms with E-state index in [1.807, 2.05) is 18.2 Å². The molecule has 3 rings (SSSR count). The first-order valence-electron chi connectivity index (χ1n) is 7.88. The molecule has 0 spiro atoms. The van der Waals surface area contributed by atoms with Crippen LogP contribution in [0.2, 0.25) is 0 Å². The van der Waals surface area contributed by atoms with Gasteiger partial charge < -0.3 is 14.5 Å². The van der Waals surface area contributed by atoms with Gasteiger partial charge in [-0.2, -0.15) is 0 Å². The summed E-state index contributed by atoms with van der Waals surface area (Å²) in [5, 5.41) is 11.0. The van der Waals surface area contributed by atoms with Crippen LogP contribution in [0.15, 0.2) is 42.6 Å². The molecule has 1 amide bonds. The number of pyridine rings is 1. The molecule has 8 heteroatoms. The van der Waals surface area contributed by atoms with Gasteiger partial charge >= 0.3 is 0 Å². The second-order valence-corrected chi connectivity index (χ2v) is 5.61. The molecule has 1 aromatic carbocycles. The molecule has 0 N–H and O–H groups in total. The second kappa shape index (κ2) is 7.16. The number of anilines is 1. The molecule has 25 heavy (non-hydrogen) atoms. The molecule has 8 nitrogen and oxygen atoms in total. The lowest BCUT2D eigenvalue weighted by Crippen LogP contribution is -2.49. The van der Waals surface area contributed by atoms with Crippen LogP contribution in [-0.4, -0.2) is 54.0 Å². The number of amides is 1. The Balaban J connectivity index is 1.74. The number of benzene rings is 1. The lowest BCUT2D eigenvalue weighted by atomic mass is 10.1. The third kappa shape index (κ3) is 3.52. The zero-order valence-corrected chi connectivity index (χ0v) is 13.8. The van der Waals surface area contributed by atoms with Crippen molar-refractivity contribution < 1.29 is 14.5 Å². The number of nitro groups is 1. The number of non-ortho nitro benzene ring substituents is 1. The molecule has 130 valence electrons. The van der Waals surface area contributed by atoms with Gasteiger partial charge in [-0.05, 0) is 18.2 Å². The quantitative estimate of drug-likeness (QED) is 0.623. The van der Waals surface area contributed by atoms with E-state index in [-0.39, 0.29) is 17.2 Å². The number of aromatic nitrogens is 1. The molecule has 1 aliphatic rings. The van der Waals surface area contributed by atoms with E-state index in [0.717, 1.165) is 5.82 Å². The fraction of sp³-hybridized carbons (Fsp3) is 0.294. The number of ether oxygens (including phenoxy) is 1. The van der Waals surface area contributed by atoms with Crippen molar-refractivity contribution in [3.05, 3.63) is 58.3 Å². The molecule has 1 fully saturated rings. The fourth-order valence-corrected chi connectivity index (χ4v) is 2.83. The Morgan fingerprint density at radius 1 is 1.20 bits per heavy atom. The summed E-state index contributed by atoms with van der Waals surface area (Å²) >= 11 is 0. The normalized spacial score (nSPS) is 14.3. The molecule has 0 radical (unpaired) electrons. The van der Waals surface area contributed by atoms with Crippen LogP contribution in [0.3, 0.4) is 0 Å². The van der Waals surface area contributed by atoms with Gasteiger partial charge in [0.2, 0.25) is 0 Å². The molecule has 1 aliphatic heterocycles. The number of piperazine rings is 1. The van der Waals surface area contributed by atoms with Gasteiger partial charge in [0, 0.05) is 44.5 Å². The number of hydrogen-bond donors (Lipinski definition) is 0. The highest BCUT2D eigenvalue weighted by Gasteiger charge is 2.26. The zero-order valence-electron chi connectivity index (χ0n) is 13.8. The SMILES string of the molecule is COc1ccc([N+](=O)[O-])cc1C(=O)N1CCN(c2ccccn2)CC1. The van der Waals surface area contributed by atoms with Gasteiger partial charge in [0.15, 0.2) is 0 Å². The molecule has 0 bridgehead atoms. The first-order chi connectivity index (χ1) is 12.1. The van der Waals surface area contributed by atoms with Crippen LogP contribution < -0.4 is 9.64 Å². The Morgan fingerprint density at radius 3 is 2.56 bits per heavy atom. The first kappa shape index (κ1) is 16.7. The summed E-state index contributed by atoms with van der Waals surface area (Å²) in [5.41, 5.74) is 0.0826. The topological polar surface area (TPSA) is 88.8 Å². The highest BCUT2D eigenvalue weighted by atomic mass is 16.6. The summed E-state index contributed by atoms with van der Waals surface area (Å²) in [7, 11) is 1.44. The standard InChI is InChI=1S/C17H18N4O4/c1-25-15-6-5-13(21(23)24)12-14(15)17(22)20-10-8-19(9-11-20)16-4-2-3-7-18-16/h2-7,12H,8-11H2,1H3. The minimum absolute atomic E-state index is 0.128. The number of nitro benzene ring substituents is 1. The first-order valence-corrected chi connectivity index (χ1v) is 7.88. The maximum atomic E-state index is 12.8. The van der Waals surface area contributed by atoms with E-state index < -0.39 is 4.92 Å². The van der Waals surface area contributed by atoms with E-state index in [4.69, 9.17) is 4.74 Å². The average Bonchev–Trinajstić information content (AvgIpc) is 2.67. The fourth-order valence-electron chi connectivity index (χ4n) is 2.83. The van der Waals surface area contributed by atoms with E-state index in [1.165, 1.54) is 25.3 Å². The van der Waals surface area contributed by atoms with Crippen molar-refractivity contribution in [2.45, 2.75) is 0 Å². The van der Waals surface area contributed by atoms with Gasteiger partial charge in [-0.1, -0.05) is 6.07 Å².